The molecule has 1 spiro atoms. The number of benzene rings is 3. The molecule has 0 aliphatic heterocycles. The second kappa shape index (κ2) is 5.38. The minimum absolute atomic E-state index is 0.0133. The highest BCUT2D eigenvalue weighted by Crippen LogP contribution is 2.67. The Hall–Kier alpha value is -2.81. The topological polar surface area (TPSA) is 46.5 Å². The van der Waals surface area contributed by atoms with Crippen LogP contribution in [0, 0.1) is 11.8 Å². The molecule has 3 aliphatic carbocycles. The number of methoxy groups -OCH3 is 1. The standard InChI is InChI=1S/C25H22O3/c1-28-17-9-15(13-26)23-19(10-17)22(27)11-21-24(23)18-4-2-3-5-20(18)25(21)12-14-6-7-16(25)8-14/h2-5,9-11,13-14,16,27H,6-8,12H2,1H3. The fraction of sp³-hybridized carbons (Fsp3) is 0.320. The summed E-state index contributed by atoms with van der Waals surface area (Å²) in [5.41, 5.74) is 5.54. The number of hydrogen-bond donors (Lipinski definition) is 1. The van der Waals surface area contributed by atoms with Crippen molar-refractivity contribution in [2.75, 3.05) is 7.11 Å². The summed E-state index contributed by atoms with van der Waals surface area (Å²) >= 11 is 0. The SMILES string of the molecule is COc1cc(C=O)c2c3c(cc(O)c2c1)C1(CC2CCC1C2)c1ccccc1-3. The number of phenolic OH excluding ortho intramolecular Hbond substituents is 1. The summed E-state index contributed by atoms with van der Waals surface area (Å²) in [6, 6.07) is 14.3. The fourth-order valence-corrected chi connectivity index (χ4v) is 6.61. The van der Waals surface area contributed by atoms with Crippen LogP contribution in [0.5, 0.6) is 11.5 Å². The van der Waals surface area contributed by atoms with Gasteiger partial charge in [-0.25, -0.2) is 0 Å². The summed E-state index contributed by atoms with van der Waals surface area (Å²) in [7, 11) is 1.58. The number of carbonyl (C=O) groups excluding carboxylic acids is 1. The van der Waals surface area contributed by atoms with Gasteiger partial charge in [-0.05, 0) is 71.6 Å². The van der Waals surface area contributed by atoms with Gasteiger partial charge in [-0.2, -0.15) is 0 Å². The van der Waals surface area contributed by atoms with E-state index in [1.54, 1.807) is 13.2 Å². The van der Waals surface area contributed by atoms with Crippen molar-refractivity contribution < 1.29 is 14.6 Å². The van der Waals surface area contributed by atoms with Gasteiger partial charge in [-0.3, -0.25) is 4.79 Å². The molecule has 2 saturated carbocycles. The van der Waals surface area contributed by atoms with Gasteiger partial charge in [-0.1, -0.05) is 30.7 Å². The third kappa shape index (κ3) is 1.78. The molecule has 0 radical (unpaired) electrons. The zero-order valence-electron chi connectivity index (χ0n) is 15.9. The summed E-state index contributed by atoms with van der Waals surface area (Å²) in [5.74, 6) is 2.22. The van der Waals surface area contributed by atoms with E-state index < -0.39 is 0 Å². The molecule has 28 heavy (non-hydrogen) atoms. The Morgan fingerprint density at radius 2 is 2.00 bits per heavy atom. The van der Waals surface area contributed by atoms with E-state index in [0.29, 0.717) is 22.6 Å². The highest BCUT2D eigenvalue weighted by molar-refractivity contribution is 6.12. The van der Waals surface area contributed by atoms with Crippen LogP contribution >= 0.6 is 0 Å². The Kier molecular flexibility index (Phi) is 3.11. The van der Waals surface area contributed by atoms with Gasteiger partial charge in [-0.15, -0.1) is 0 Å². The maximum absolute atomic E-state index is 12.0. The molecule has 140 valence electrons. The molecule has 0 amide bonds. The summed E-state index contributed by atoms with van der Waals surface area (Å²) < 4.78 is 5.37. The fourth-order valence-electron chi connectivity index (χ4n) is 6.61. The average molecular weight is 370 g/mol. The zero-order chi connectivity index (χ0) is 19.0. The number of ether oxygens (including phenoxy) is 1. The summed E-state index contributed by atoms with van der Waals surface area (Å²) in [6.45, 7) is 0. The molecule has 0 aromatic heterocycles. The number of rotatable bonds is 2. The molecule has 3 atom stereocenters. The molecule has 3 aromatic carbocycles. The monoisotopic (exact) mass is 370 g/mol. The van der Waals surface area contributed by atoms with Crippen LogP contribution in [0.25, 0.3) is 21.9 Å². The first-order chi connectivity index (χ1) is 13.7. The lowest BCUT2D eigenvalue weighted by molar-refractivity contribution is 0.112. The number of hydrogen-bond acceptors (Lipinski definition) is 3. The largest absolute Gasteiger partial charge is 0.507 e. The van der Waals surface area contributed by atoms with E-state index in [9.17, 15) is 9.90 Å². The minimum Gasteiger partial charge on any atom is -0.507 e. The number of aldehydes is 1. The molecular formula is C25H22O3. The van der Waals surface area contributed by atoms with Gasteiger partial charge in [0.1, 0.15) is 11.5 Å². The molecule has 3 unspecified atom stereocenters. The van der Waals surface area contributed by atoms with Crippen molar-refractivity contribution >= 4 is 17.1 Å². The van der Waals surface area contributed by atoms with Gasteiger partial charge in [0.15, 0.2) is 6.29 Å². The van der Waals surface area contributed by atoms with Crippen molar-refractivity contribution in [2.45, 2.75) is 31.1 Å². The highest BCUT2D eigenvalue weighted by Gasteiger charge is 2.57. The zero-order valence-corrected chi connectivity index (χ0v) is 15.9. The van der Waals surface area contributed by atoms with Gasteiger partial charge in [0.05, 0.1) is 7.11 Å². The van der Waals surface area contributed by atoms with E-state index in [-0.39, 0.29) is 11.2 Å². The lowest BCUT2D eigenvalue weighted by atomic mass is 9.66. The lowest BCUT2D eigenvalue weighted by Crippen LogP contribution is -2.31. The number of phenols is 1. The number of fused-ring (bicyclic) bond motifs is 10. The van der Waals surface area contributed by atoms with Crippen LogP contribution in [0.3, 0.4) is 0 Å². The molecule has 3 heteroatoms. The molecule has 3 aliphatic rings. The minimum atomic E-state index is -0.0133. The van der Waals surface area contributed by atoms with Gasteiger partial charge < -0.3 is 9.84 Å². The Labute approximate surface area is 164 Å². The van der Waals surface area contributed by atoms with E-state index in [4.69, 9.17) is 4.74 Å². The van der Waals surface area contributed by atoms with Crippen molar-refractivity contribution in [3.63, 3.8) is 0 Å². The summed E-state index contributed by atoms with van der Waals surface area (Å²) in [6.07, 6.45) is 5.88. The van der Waals surface area contributed by atoms with Crippen LogP contribution in [0.1, 0.15) is 47.2 Å². The van der Waals surface area contributed by atoms with E-state index >= 15 is 0 Å². The predicted molar refractivity (Wildman–Crippen MR) is 109 cm³/mol. The molecule has 0 heterocycles. The Morgan fingerprint density at radius 3 is 2.71 bits per heavy atom. The Bertz CT molecular complexity index is 1160. The van der Waals surface area contributed by atoms with Crippen molar-refractivity contribution in [1.29, 1.82) is 0 Å². The highest BCUT2D eigenvalue weighted by atomic mass is 16.5. The quantitative estimate of drug-likeness (QED) is 0.610. The van der Waals surface area contributed by atoms with E-state index in [1.165, 1.54) is 36.0 Å². The van der Waals surface area contributed by atoms with Crippen molar-refractivity contribution in [3.05, 3.63) is 59.2 Å². The van der Waals surface area contributed by atoms with Crippen molar-refractivity contribution in [3.8, 4) is 22.6 Å². The maximum Gasteiger partial charge on any atom is 0.150 e. The normalized spacial score (nSPS) is 26.6. The van der Waals surface area contributed by atoms with Crippen LogP contribution in [0.15, 0.2) is 42.5 Å². The molecule has 6 rings (SSSR count). The Morgan fingerprint density at radius 1 is 1.14 bits per heavy atom. The third-order valence-electron chi connectivity index (χ3n) is 7.59. The molecule has 3 aromatic rings. The molecule has 1 N–H and O–H groups in total. The van der Waals surface area contributed by atoms with Crippen LogP contribution in [-0.2, 0) is 5.41 Å². The first-order valence-electron chi connectivity index (χ1n) is 10.1. The third-order valence-corrected chi connectivity index (χ3v) is 7.59. The van der Waals surface area contributed by atoms with Crippen LogP contribution in [0.2, 0.25) is 0 Å². The van der Waals surface area contributed by atoms with E-state index in [1.807, 2.05) is 12.1 Å². The molecule has 2 bridgehead atoms. The van der Waals surface area contributed by atoms with E-state index in [0.717, 1.165) is 29.6 Å². The van der Waals surface area contributed by atoms with Crippen molar-refractivity contribution in [1.82, 2.24) is 0 Å². The molecule has 0 saturated heterocycles. The predicted octanol–water partition coefficient (Wildman–Crippen LogP) is 5.45. The summed E-state index contributed by atoms with van der Waals surface area (Å²) in [5, 5.41) is 12.5. The second-order valence-corrected chi connectivity index (χ2v) is 8.67. The first kappa shape index (κ1) is 16.2. The lowest BCUT2D eigenvalue weighted by Gasteiger charge is -2.36. The average Bonchev–Trinajstić information content (AvgIpc) is 3.41. The molecular weight excluding hydrogens is 348 g/mol. The van der Waals surface area contributed by atoms with Gasteiger partial charge in [0.2, 0.25) is 0 Å². The van der Waals surface area contributed by atoms with E-state index in [2.05, 4.69) is 24.3 Å². The van der Waals surface area contributed by atoms with Crippen LogP contribution < -0.4 is 4.74 Å². The first-order valence-corrected chi connectivity index (χ1v) is 10.1. The van der Waals surface area contributed by atoms with Gasteiger partial charge in [0.25, 0.3) is 0 Å². The van der Waals surface area contributed by atoms with Crippen LogP contribution in [-0.4, -0.2) is 18.5 Å². The second-order valence-electron chi connectivity index (χ2n) is 8.67. The number of aromatic hydroxyl groups is 1. The number of carbonyl (C=O) groups is 1. The molecule has 3 nitrogen and oxygen atoms in total. The molecule has 2 fully saturated rings. The maximum atomic E-state index is 12.0. The summed E-state index contributed by atoms with van der Waals surface area (Å²) in [4.78, 5) is 12.0. The Balaban J connectivity index is 1.79. The van der Waals surface area contributed by atoms with Gasteiger partial charge >= 0.3 is 0 Å². The van der Waals surface area contributed by atoms with Crippen molar-refractivity contribution in [2.24, 2.45) is 11.8 Å². The van der Waals surface area contributed by atoms with Gasteiger partial charge in [0, 0.05) is 21.8 Å². The van der Waals surface area contributed by atoms with Crippen LogP contribution in [0.4, 0.5) is 0 Å². The smallest absolute Gasteiger partial charge is 0.150 e.